The first-order chi connectivity index (χ1) is 14.9. The molecular formula is C21H26N4O5S. The van der Waals surface area contributed by atoms with E-state index < -0.39 is 15.6 Å². The highest BCUT2D eigenvalue weighted by molar-refractivity contribution is 7.89. The lowest BCUT2D eigenvalue weighted by Gasteiger charge is -2.55. The number of urea groups is 1. The lowest BCUT2D eigenvalue weighted by Crippen LogP contribution is -2.73. The van der Waals surface area contributed by atoms with Crippen molar-refractivity contribution in [3.05, 3.63) is 23.8 Å². The van der Waals surface area contributed by atoms with Gasteiger partial charge < -0.3 is 20.7 Å². The molecule has 4 saturated heterocycles. The van der Waals surface area contributed by atoms with Gasteiger partial charge in [-0.2, -0.15) is 4.31 Å². The molecule has 4 atom stereocenters. The predicted octanol–water partition coefficient (Wildman–Crippen LogP) is 1.30. The van der Waals surface area contributed by atoms with Crippen molar-refractivity contribution in [3.8, 4) is 0 Å². The van der Waals surface area contributed by atoms with Crippen molar-refractivity contribution >= 4 is 27.6 Å². The second-order valence-corrected chi connectivity index (χ2v) is 11.3. The molecule has 1 aromatic carbocycles. The largest absolute Gasteiger partial charge is 0.358 e. The van der Waals surface area contributed by atoms with E-state index in [9.17, 15) is 18.0 Å². The fourth-order valence-corrected chi connectivity index (χ4v) is 8.42. The van der Waals surface area contributed by atoms with Gasteiger partial charge >= 0.3 is 6.03 Å². The molecule has 31 heavy (non-hydrogen) atoms. The highest BCUT2D eigenvalue weighted by Crippen LogP contribution is 2.49. The van der Waals surface area contributed by atoms with Crippen molar-refractivity contribution in [2.75, 3.05) is 11.9 Å². The number of nitrogens with one attached hydrogen (secondary N) is 3. The van der Waals surface area contributed by atoms with Gasteiger partial charge in [0.2, 0.25) is 15.9 Å². The van der Waals surface area contributed by atoms with E-state index in [0.29, 0.717) is 25.1 Å². The van der Waals surface area contributed by atoms with Crippen LogP contribution in [0.1, 0.15) is 44.1 Å². The Morgan fingerprint density at radius 2 is 1.87 bits per heavy atom. The number of hydrogen-bond donors (Lipinski definition) is 3. The van der Waals surface area contributed by atoms with Crippen LogP contribution < -0.4 is 16.0 Å². The van der Waals surface area contributed by atoms with Gasteiger partial charge in [-0.15, -0.1) is 0 Å². The molecule has 6 rings (SSSR count). The summed E-state index contributed by atoms with van der Waals surface area (Å²) >= 11 is 0. The van der Waals surface area contributed by atoms with Crippen LogP contribution >= 0.6 is 0 Å². The van der Waals surface area contributed by atoms with Crippen LogP contribution in [-0.2, 0) is 26.0 Å². The number of hydrogen-bond acceptors (Lipinski definition) is 5. The summed E-state index contributed by atoms with van der Waals surface area (Å²) in [5.41, 5.74) is 0.976. The second kappa shape index (κ2) is 6.66. The third kappa shape index (κ3) is 2.91. The highest BCUT2D eigenvalue weighted by Gasteiger charge is 2.59. The number of ether oxygens (including phenoxy) is 1. The minimum atomic E-state index is -3.70. The summed E-state index contributed by atoms with van der Waals surface area (Å²) in [6.07, 6.45) is 4.59. The molecule has 0 aromatic heterocycles. The normalized spacial score (nSPS) is 37.0. The summed E-state index contributed by atoms with van der Waals surface area (Å²) < 4.78 is 34.8. The van der Waals surface area contributed by atoms with Crippen LogP contribution in [0.2, 0.25) is 0 Å². The van der Waals surface area contributed by atoms with Gasteiger partial charge in [0.1, 0.15) is 6.23 Å². The summed E-state index contributed by atoms with van der Waals surface area (Å²) in [6, 6.07) is 4.35. The Bertz CT molecular complexity index is 1060. The van der Waals surface area contributed by atoms with Crippen molar-refractivity contribution in [1.29, 1.82) is 0 Å². The predicted molar refractivity (Wildman–Crippen MR) is 111 cm³/mol. The average molecular weight is 447 g/mol. The van der Waals surface area contributed by atoms with Gasteiger partial charge in [0.15, 0.2) is 0 Å². The number of rotatable bonds is 2. The maximum Gasteiger partial charge on any atom is 0.317 e. The topological polar surface area (TPSA) is 117 Å². The van der Waals surface area contributed by atoms with Crippen molar-refractivity contribution in [2.45, 2.75) is 73.7 Å². The molecular weight excluding hydrogens is 420 g/mol. The molecule has 5 aliphatic rings. The van der Waals surface area contributed by atoms with E-state index in [1.54, 1.807) is 22.5 Å². The Morgan fingerprint density at radius 1 is 1.10 bits per heavy atom. The van der Waals surface area contributed by atoms with E-state index in [0.717, 1.165) is 31.2 Å². The standard InChI is InChI=1S/C21H26N4O5S/c26-18-9-12-8-15(5-6-17(12)22-18)31(28,29)25-13-3-4-14(25)11-21(10-13)16-2-1-7-30-19(16)23-20(27)24-21/h5-6,8,13-14,16,19H,1-4,7,9-11H2,(H,22,26)(H2,23,24,27)/t13?,14?,16-,19+,21?/m1/s1. The van der Waals surface area contributed by atoms with Gasteiger partial charge in [-0.1, -0.05) is 0 Å². The SMILES string of the molecule is O=C1Cc2cc(S(=O)(=O)N3C4CCC3CC3(C4)NC(=O)N[C@H]4OCCC[C@H]43)ccc2N1. The van der Waals surface area contributed by atoms with Gasteiger partial charge in [0.05, 0.1) is 16.9 Å². The van der Waals surface area contributed by atoms with E-state index in [4.69, 9.17) is 4.74 Å². The molecule has 1 aromatic rings. The van der Waals surface area contributed by atoms with Gasteiger partial charge in [-0.25, -0.2) is 13.2 Å². The zero-order valence-corrected chi connectivity index (χ0v) is 17.9. The van der Waals surface area contributed by atoms with Crippen LogP contribution in [-0.4, -0.2) is 55.1 Å². The lowest BCUT2D eigenvalue weighted by molar-refractivity contribution is -0.115. The van der Waals surface area contributed by atoms with Crippen molar-refractivity contribution in [2.24, 2.45) is 5.92 Å². The number of nitrogens with zero attached hydrogens (tertiary/aromatic N) is 1. The fourth-order valence-electron chi connectivity index (χ4n) is 6.50. The van der Waals surface area contributed by atoms with E-state index in [-0.39, 0.29) is 47.5 Å². The first-order valence-electron chi connectivity index (χ1n) is 11.0. The first kappa shape index (κ1) is 19.5. The Kier molecular flexibility index (Phi) is 4.19. The van der Waals surface area contributed by atoms with Crippen LogP contribution in [0.15, 0.2) is 23.1 Å². The van der Waals surface area contributed by atoms with Crippen molar-refractivity contribution in [1.82, 2.24) is 14.9 Å². The second-order valence-electron chi connectivity index (χ2n) is 9.47. The number of amides is 3. The first-order valence-corrected chi connectivity index (χ1v) is 12.5. The summed E-state index contributed by atoms with van der Waals surface area (Å²) in [5.74, 6) is 0.0272. The van der Waals surface area contributed by atoms with Gasteiger partial charge in [-0.3, -0.25) is 4.79 Å². The van der Waals surface area contributed by atoms with Crippen molar-refractivity contribution in [3.63, 3.8) is 0 Å². The number of carbonyl (C=O) groups is 2. The molecule has 5 aliphatic heterocycles. The minimum absolute atomic E-state index is 0.115. The molecule has 0 saturated carbocycles. The number of benzene rings is 1. The maximum absolute atomic E-state index is 13.6. The summed E-state index contributed by atoms with van der Waals surface area (Å²) in [4.78, 5) is 24.3. The maximum atomic E-state index is 13.6. The van der Waals surface area contributed by atoms with Crippen molar-refractivity contribution < 1.29 is 22.7 Å². The molecule has 4 fully saturated rings. The summed E-state index contributed by atoms with van der Waals surface area (Å²) in [5, 5.41) is 8.83. The molecule has 1 spiro atoms. The van der Waals surface area contributed by atoms with E-state index in [1.807, 2.05) is 0 Å². The quantitative estimate of drug-likeness (QED) is 0.633. The molecule has 9 nitrogen and oxygen atoms in total. The molecule has 5 heterocycles. The number of carbonyl (C=O) groups excluding carboxylic acids is 2. The monoisotopic (exact) mass is 446 g/mol. The smallest absolute Gasteiger partial charge is 0.317 e. The molecule has 0 aliphatic carbocycles. The zero-order valence-electron chi connectivity index (χ0n) is 17.1. The molecule has 0 radical (unpaired) electrons. The van der Waals surface area contributed by atoms with Crippen LogP contribution in [0.4, 0.5) is 10.5 Å². The minimum Gasteiger partial charge on any atom is -0.358 e. The fraction of sp³-hybridized carbons (Fsp3) is 0.619. The molecule has 166 valence electrons. The molecule has 2 bridgehead atoms. The Balaban J connectivity index is 1.31. The van der Waals surface area contributed by atoms with Crippen LogP contribution in [0, 0.1) is 5.92 Å². The third-order valence-electron chi connectivity index (χ3n) is 7.70. The summed E-state index contributed by atoms with van der Waals surface area (Å²) in [7, 11) is -3.70. The number of anilines is 1. The van der Waals surface area contributed by atoms with Gasteiger partial charge in [0, 0.05) is 30.3 Å². The van der Waals surface area contributed by atoms with E-state index >= 15 is 0 Å². The number of fused-ring (bicyclic) bond motifs is 5. The van der Waals surface area contributed by atoms with Gasteiger partial charge in [-0.05, 0) is 62.3 Å². The van der Waals surface area contributed by atoms with Gasteiger partial charge in [0.25, 0.3) is 0 Å². The molecule has 3 amide bonds. The lowest BCUT2D eigenvalue weighted by atomic mass is 9.69. The zero-order chi connectivity index (χ0) is 21.4. The molecule has 10 heteroatoms. The Labute approximate surface area is 180 Å². The van der Waals surface area contributed by atoms with E-state index in [2.05, 4.69) is 16.0 Å². The van der Waals surface area contributed by atoms with Crippen LogP contribution in [0.5, 0.6) is 0 Å². The Morgan fingerprint density at radius 3 is 2.65 bits per heavy atom. The highest BCUT2D eigenvalue weighted by atomic mass is 32.2. The third-order valence-corrected chi connectivity index (χ3v) is 9.70. The molecule has 3 N–H and O–H groups in total. The van der Waals surface area contributed by atoms with Crippen LogP contribution in [0.25, 0.3) is 0 Å². The molecule has 2 unspecified atom stereocenters. The number of sulfonamides is 1. The van der Waals surface area contributed by atoms with Crippen LogP contribution in [0.3, 0.4) is 0 Å². The van der Waals surface area contributed by atoms with E-state index in [1.165, 1.54) is 0 Å². The Hall–Kier alpha value is -2.17. The number of piperidine rings is 1. The average Bonchev–Trinajstić information content (AvgIpc) is 3.24. The summed E-state index contributed by atoms with van der Waals surface area (Å²) in [6.45, 7) is 0.639.